The van der Waals surface area contributed by atoms with E-state index in [9.17, 15) is 4.79 Å². The number of hydrogen-bond acceptors (Lipinski definition) is 4. The minimum atomic E-state index is -0.484. The van der Waals surface area contributed by atoms with Crippen LogP contribution in [0, 0.1) is 0 Å². The van der Waals surface area contributed by atoms with E-state index in [-0.39, 0.29) is 18.3 Å². The highest BCUT2D eigenvalue weighted by molar-refractivity contribution is 5.93. The number of nitrogens with one attached hydrogen (secondary N) is 1. The van der Waals surface area contributed by atoms with Crippen LogP contribution in [-0.2, 0) is 4.79 Å². The Hall–Kier alpha value is -1.20. The van der Waals surface area contributed by atoms with Gasteiger partial charge < -0.3 is 11.1 Å². The van der Waals surface area contributed by atoms with Gasteiger partial charge in [0.05, 0.1) is 12.2 Å². The molecule has 0 aromatic carbocycles. The van der Waals surface area contributed by atoms with Gasteiger partial charge in [0, 0.05) is 12.4 Å². The minimum Gasteiger partial charge on any atom is -0.320 e. The lowest BCUT2D eigenvalue weighted by Crippen LogP contribution is -2.35. The number of anilines is 1. The number of aromatic nitrogens is 2. The van der Waals surface area contributed by atoms with Gasteiger partial charge in [-0.2, -0.15) is 0 Å². The van der Waals surface area contributed by atoms with E-state index in [0.717, 1.165) is 0 Å². The van der Waals surface area contributed by atoms with E-state index >= 15 is 0 Å². The maximum Gasteiger partial charge on any atom is 0.242 e. The zero-order valence-corrected chi connectivity index (χ0v) is 8.62. The molecule has 1 aromatic rings. The van der Waals surface area contributed by atoms with Crippen molar-refractivity contribution < 1.29 is 4.79 Å². The molecule has 1 rings (SSSR count). The molecule has 0 saturated carbocycles. The van der Waals surface area contributed by atoms with Crippen LogP contribution in [0.5, 0.6) is 0 Å². The molecule has 0 spiro atoms. The Bertz CT molecular complexity index is 280. The van der Waals surface area contributed by atoms with Crippen LogP contribution >= 0.6 is 12.4 Å². The number of nitrogens with two attached hydrogens (primary N) is 1. The zero-order chi connectivity index (χ0) is 9.68. The van der Waals surface area contributed by atoms with Crippen LogP contribution < -0.4 is 11.1 Å². The first kappa shape index (κ1) is 12.8. The third kappa shape index (κ3) is 3.68. The molecule has 3 N–H and O–H groups in total. The van der Waals surface area contributed by atoms with Crippen molar-refractivity contribution in [2.45, 2.75) is 19.4 Å². The predicted octanol–water partition coefficient (Wildman–Crippen LogP) is 0.574. The van der Waals surface area contributed by atoms with Gasteiger partial charge in [-0.25, -0.2) is 4.98 Å². The molecule has 1 atom stereocenters. The zero-order valence-electron chi connectivity index (χ0n) is 7.80. The Labute approximate surface area is 88.5 Å². The summed E-state index contributed by atoms with van der Waals surface area (Å²) >= 11 is 0. The Morgan fingerprint density at radius 2 is 2.36 bits per heavy atom. The molecule has 1 unspecified atom stereocenters. The number of halogens is 1. The molecular weight excluding hydrogens is 204 g/mol. The molecule has 0 radical (unpaired) electrons. The Balaban J connectivity index is 0.00000169. The summed E-state index contributed by atoms with van der Waals surface area (Å²) in [7, 11) is 0. The topological polar surface area (TPSA) is 80.9 Å². The molecular formula is C8H13ClN4O. The quantitative estimate of drug-likeness (QED) is 0.774. The van der Waals surface area contributed by atoms with Crippen molar-refractivity contribution >= 4 is 24.1 Å². The highest BCUT2D eigenvalue weighted by Gasteiger charge is 2.10. The Kier molecular flexibility index (Phi) is 5.74. The Morgan fingerprint density at radius 3 is 2.86 bits per heavy atom. The van der Waals surface area contributed by atoms with Crippen molar-refractivity contribution in [3.8, 4) is 0 Å². The minimum absolute atomic E-state index is 0. The predicted molar refractivity (Wildman–Crippen MR) is 56.2 cm³/mol. The molecule has 14 heavy (non-hydrogen) atoms. The largest absolute Gasteiger partial charge is 0.320 e. The number of hydrogen-bond donors (Lipinski definition) is 2. The van der Waals surface area contributed by atoms with Gasteiger partial charge in [-0.3, -0.25) is 9.78 Å². The fraction of sp³-hybridized carbons (Fsp3) is 0.375. The summed E-state index contributed by atoms with van der Waals surface area (Å²) in [6.45, 7) is 1.85. The molecule has 0 aliphatic heterocycles. The molecule has 1 amide bonds. The maximum atomic E-state index is 11.2. The lowest BCUT2D eigenvalue weighted by molar-refractivity contribution is -0.117. The van der Waals surface area contributed by atoms with Crippen LogP contribution in [-0.4, -0.2) is 21.9 Å². The lowest BCUT2D eigenvalue weighted by Gasteiger charge is -2.08. The van der Waals surface area contributed by atoms with Crippen LogP contribution in [0.1, 0.15) is 13.3 Å². The molecule has 0 bridgehead atoms. The maximum absolute atomic E-state index is 11.2. The number of amides is 1. The summed E-state index contributed by atoms with van der Waals surface area (Å²) in [6.07, 6.45) is 5.12. The number of nitrogens with zero attached hydrogens (tertiary/aromatic N) is 2. The van der Waals surface area contributed by atoms with Crippen LogP contribution in [0.25, 0.3) is 0 Å². The van der Waals surface area contributed by atoms with Crippen LogP contribution in [0.3, 0.4) is 0 Å². The van der Waals surface area contributed by atoms with E-state index in [1.165, 1.54) is 18.6 Å². The van der Waals surface area contributed by atoms with Gasteiger partial charge in [0.1, 0.15) is 0 Å². The summed E-state index contributed by atoms with van der Waals surface area (Å²) in [5.74, 6) is 0.194. The van der Waals surface area contributed by atoms with E-state index in [4.69, 9.17) is 5.73 Å². The van der Waals surface area contributed by atoms with Gasteiger partial charge in [0.25, 0.3) is 0 Å². The first-order chi connectivity index (χ1) is 6.24. The molecule has 0 aliphatic rings. The first-order valence-electron chi connectivity index (χ1n) is 4.06. The summed E-state index contributed by atoms with van der Waals surface area (Å²) in [4.78, 5) is 18.9. The third-order valence-electron chi connectivity index (χ3n) is 1.59. The lowest BCUT2D eigenvalue weighted by atomic mass is 10.2. The van der Waals surface area contributed by atoms with Gasteiger partial charge in [0.15, 0.2) is 5.82 Å². The summed E-state index contributed by atoms with van der Waals surface area (Å²) in [5.41, 5.74) is 5.50. The van der Waals surface area contributed by atoms with Crippen molar-refractivity contribution in [3.63, 3.8) is 0 Å². The van der Waals surface area contributed by atoms with Crippen molar-refractivity contribution in [2.24, 2.45) is 5.73 Å². The van der Waals surface area contributed by atoms with Gasteiger partial charge in [0.2, 0.25) is 5.91 Å². The summed E-state index contributed by atoms with van der Waals surface area (Å²) in [6, 6.07) is -0.484. The van der Waals surface area contributed by atoms with Crippen LogP contribution in [0.4, 0.5) is 5.82 Å². The average Bonchev–Trinajstić information content (AvgIpc) is 2.18. The molecule has 0 aliphatic carbocycles. The second-order valence-corrected chi connectivity index (χ2v) is 2.59. The average molecular weight is 217 g/mol. The van der Waals surface area contributed by atoms with Crippen LogP contribution in [0.15, 0.2) is 18.6 Å². The van der Waals surface area contributed by atoms with Crippen molar-refractivity contribution in [3.05, 3.63) is 18.6 Å². The second-order valence-electron chi connectivity index (χ2n) is 2.59. The van der Waals surface area contributed by atoms with E-state index < -0.39 is 6.04 Å². The van der Waals surface area contributed by atoms with Crippen molar-refractivity contribution in [2.75, 3.05) is 5.32 Å². The molecule has 0 fully saturated rings. The Morgan fingerprint density at radius 1 is 1.64 bits per heavy atom. The molecule has 1 aromatic heterocycles. The number of carbonyl (C=O) groups is 1. The smallest absolute Gasteiger partial charge is 0.242 e. The normalized spacial score (nSPS) is 11.3. The fourth-order valence-electron chi connectivity index (χ4n) is 0.768. The van der Waals surface area contributed by atoms with E-state index in [1.54, 1.807) is 0 Å². The highest BCUT2D eigenvalue weighted by atomic mass is 35.5. The van der Waals surface area contributed by atoms with E-state index in [2.05, 4.69) is 15.3 Å². The van der Waals surface area contributed by atoms with Crippen molar-refractivity contribution in [1.82, 2.24) is 9.97 Å². The summed E-state index contributed by atoms with van der Waals surface area (Å²) < 4.78 is 0. The van der Waals surface area contributed by atoms with Gasteiger partial charge >= 0.3 is 0 Å². The van der Waals surface area contributed by atoms with E-state index in [1.807, 2.05) is 6.92 Å². The van der Waals surface area contributed by atoms with Crippen LogP contribution in [0.2, 0.25) is 0 Å². The highest BCUT2D eigenvalue weighted by Crippen LogP contribution is 1.98. The van der Waals surface area contributed by atoms with Gasteiger partial charge in [-0.15, -0.1) is 12.4 Å². The standard InChI is InChI=1S/C8H12N4O.ClH/c1-2-6(9)8(13)12-7-5-10-3-4-11-7;/h3-6H,2,9H2,1H3,(H,11,12,13);1H. The first-order valence-corrected chi connectivity index (χ1v) is 4.06. The number of carbonyl (C=O) groups excluding carboxylic acids is 1. The summed E-state index contributed by atoms with van der Waals surface area (Å²) in [5, 5.41) is 2.56. The molecule has 0 saturated heterocycles. The van der Waals surface area contributed by atoms with Gasteiger partial charge in [-0.05, 0) is 6.42 Å². The molecule has 78 valence electrons. The SMILES string of the molecule is CCC(N)C(=O)Nc1cnccn1.Cl. The van der Waals surface area contributed by atoms with Crippen molar-refractivity contribution in [1.29, 1.82) is 0 Å². The van der Waals surface area contributed by atoms with E-state index in [0.29, 0.717) is 12.2 Å². The fourth-order valence-corrected chi connectivity index (χ4v) is 0.768. The molecule has 6 heteroatoms. The number of rotatable bonds is 3. The second kappa shape index (κ2) is 6.28. The monoisotopic (exact) mass is 216 g/mol. The third-order valence-corrected chi connectivity index (χ3v) is 1.59. The molecule has 1 heterocycles. The molecule has 5 nitrogen and oxygen atoms in total. The van der Waals surface area contributed by atoms with Gasteiger partial charge in [-0.1, -0.05) is 6.92 Å².